The van der Waals surface area contributed by atoms with Gasteiger partial charge in [0.1, 0.15) is 0 Å². The van der Waals surface area contributed by atoms with Gasteiger partial charge in [-0.05, 0) is 25.7 Å². The summed E-state index contributed by atoms with van der Waals surface area (Å²) in [6, 6.07) is 1.57. The first-order valence-corrected chi connectivity index (χ1v) is 6.00. The molecule has 1 aromatic heterocycles. The van der Waals surface area contributed by atoms with E-state index in [4.69, 9.17) is 0 Å². The molecule has 3 heteroatoms. The van der Waals surface area contributed by atoms with Crippen LogP contribution in [0.3, 0.4) is 0 Å². The molecule has 1 N–H and O–H groups in total. The molecule has 0 saturated carbocycles. The van der Waals surface area contributed by atoms with Crippen molar-refractivity contribution in [3.05, 3.63) is 16.6 Å². The molecular formula is C10H14N2S. The summed E-state index contributed by atoms with van der Waals surface area (Å²) in [6.07, 6.45) is 5.37. The summed E-state index contributed by atoms with van der Waals surface area (Å²) < 4.78 is 0. The van der Waals surface area contributed by atoms with Gasteiger partial charge >= 0.3 is 0 Å². The Morgan fingerprint density at radius 1 is 1.31 bits per heavy atom. The Morgan fingerprint density at radius 2 is 2.08 bits per heavy atom. The van der Waals surface area contributed by atoms with E-state index in [0.717, 1.165) is 18.0 Å². The van der Waals surface area contributed by atoms with E-state index in [0.29, 0.717) is 0 Å². The minimum absolute atomic E-state index is 0.741. The standard InChI is InChI=1S/C10H14N2S/c1-2-9-4-7(3-8(1)12-9)10-5-13-6-11-10/h5-9,12H,1-4H2. The number of nitrogens with zero attached hydrogens (tertiary/aromatic N) is 1. The minimum atomic E-state index is 0.741. The monoisotopic (exact) mass is 194 g/mol. The summed E-state index contributed by atoms with van der Waals surface area (Å²) in [5.41, 5.74) is 3.29. The third-order valence-corrected chi connectivity index (χ3v) is 3.95. The first kappa shape index (κ1) is 7.94. The van der Waals surface area contributed by atoms with Crippen LogP contribution in [-0.2, 0) is 0 Å². The van der Waals surface area contributed by atoms with Crippen molar-refractivity contribution in [3.63, 3.8) is 0 Å². The van der Waals surface area contributed by atoms with Gasteiger partial charge in [-0.25, -0.2) is 4.98 Å². The zero-order valence-corrected chi connectivity index (χ0v) is 8.39. The Bertz CT molecular complexity index is 271. The van der Waals surface area contributed by atoms with Crippen LogP contribution in [0.5, 0.6) is 0 Å². The van der Waals surface area contributed by atoms with E-state index in [1.54, 1.807) is 11.3 Å². The lowest BCUT2D eigenvalue weighted by Crippen LogP contribution is -2.37. The first-order chi connectivity index (χ1) is 6.42. The lowest BCUT2D eigenvalue weighted by atomic mass is 9.90. The topological polar surface area (TPSA) is 24.9 Å². The molecule has 2 bridgehead atoms. The quantitative estimate of drug-likeness (QED) is 0.741. The molecule has 0 spiro atoms. The highest BCUT2D eigenvalue weighted by Crippen LogP contribution is 2.36. The van der Waals surface area contributed by atoms with E-state index in [9.17, 15) is 0 Å². The Labute approximate surface area is 82.4 Å². The van der Waals surface area contributed by atoms with E-state index in [2.05, 4.69) is 15.7 Å². The maximum Gasteiger partial charge on any atom is 0.0794 e. The van der Waals surface area contributed by atoms with Gasteiger partial charge < -0.3 is 5.32 Å². The van der Waals surface area contributed by atoms with Crippen molar-refractivity contribution in [2.24, 2.45) is 0 Å². The van der Waals surface area contributed by atoms with E-state index in [-0.39, 0.29) is 0 Å². The van der Waals surface area contributed by atoms with Crippen molar-refractivity contribution < 1.29 is 0 Å². The highest BCUT2D eigenvalue weighted by atomic mass is 32.1. The number of aromatic nitrogens is 1. The molecule has 2 nitrogen and oxygen atoms in total. The average Bonchev–Trinajstić information content (AvgIpc) is 2.75. The summed E-state index contributed by atoms with van der Waals surface area (Å²) in [5, 5.41) is 5.88. The summed E-state index contributed by atoms with van der Waals surface area (Å²) >= 11 is 1.72. The molecule has 2 aliphatic heterocycles. The number of fused-ring (bicyclic) bond motifs is 2. The zero-order chi connectivity index (χ0) is 8.67. The molecular weight excluding hydrogens is 180 g/mol. The van der Waals surface area contributed by atoms with Crippen molar-refractivity contribution in [2.75, 3.05) is 0 Å². The zero-order valence-electron chi connectivity index (χ0n) is 7.57. The number of thiazole rings is 1. The van der Waals surface area contributed by atoms with Gasteiger partial charge in [0.05, 0.1) is 11.2 Å². The molecule has 0 radical (unpaired) electrons. The number of hydrogen-bond acceptors (Lipinski definition) is 3. The second-order valence-electron chi connectivity index (χ2n) is 4.22. The van der Waals surface area contributed by atoms with E-state index >= 15 is 0 Å². The Kier molecular flexibility index (Phi) is 1.87. The van der Waals surface area contributed by atoms with Crippen LogP contribution in [0.25, 0.3) is 0 Å². The summed E-state index contributed by atoms with van der Waals surface area (Å²) in [6.45, 7) is 0. The SMILES string of the molecule is c1nc(C2CC3CCC(C2)N3)cs1. The maximum atomic E-state index is 4.43. The molecule has 2 atom stereocenters. The lowest BCUT2D eigenvalue weighted by Gasteiger charge is -2.27. The highest BCUT2D eigenvalue weighted by molar-refractivity contribution is 7.07. The van der Waals surface area contributed by atoms with Crippen LogP contribution in [0.2, 0.25) is 0 Å². The van der Waals surface area contributed by atoms with Gasteiger partial charge in [-0.15, -0.1) is 11.3 Å². The van der Waals surface area contributed by atoms with Crippen molar-refractivity contribution in [1.82, 2.24) is 10.3 Å². The molecule has 70 valence electrons. The van der Waals surface area contributed by atoms with Gasteiger partial charge in [0.15, 0.2) is 0 Å². The number of nitrogens with one attached hydrogen (secondary N) is 1. The lowest BCUT2D eigenvalue weighted by molar-refractivity contribution is 0.359. The fourth-order valence-electron chi connectivity index (χ4n) is 2.72. The van der Waals surface area contributed by atoms with Gasteiger partial charge in [0.2, 0.25) is 0 Å². The van der Waals surface area contributed by atoms with E-state index in [1.807, 2.05) is 5.51 Å². The van der Waals surface area contributed by atoms with Gasteiger partial charge in [-0.2, -0.15) is 0 Å². The van der Waals surface area contributed by atoms with E-state index in [1.165, 1.54) is 31.4 Å². The van der Waals surface area contributed by atoms with Gasteiger partial charge in [-0.3, -0.25) is 0 Å². The molecule has 3 rings (SSSR count). The first-order valence-electron chi connectivity index (χ1n) is 5.06. The molecule has 13 heavy (non-hydrogen) atoms. The fourth-order valence-corrected chi connectivity index (χ4v) is 3.36. The summed E-state index contributed by atoms with van der Waals surface area (Å²) in [5.74, 6) is 0.741. The largest absolute Gasteiger partial charge is 0.311 e. The number of rotatable bonds is 1. The third-order valence-electron chi connectivity index (χ3n) is 3.34. The fraction of sp³-hybridized carbons (Fsp3) is 0.700. The maximum absolute atomic E-state index is 4.43. The van der Waals surface area contributed by atoms with Crippen LogP contribution < -0.4 is 5.32 Å². The van der Waals surface area contributed by atoms with Crippen LogP contribution >= 0.6 is 11.3 Å². The van der Waals surface area contributed by atoms with Gasteiger partial charge in [0, 0.05) is 23.4 Å². The molecule has 1 aromatic rings. The average molecular weight is 194 g/mol. The van der Waals surface area contributed by atoms with Crippen molar-refractivity contribution in [2.45, 2.75) is 43.7 Å². The van der Waals surface area contributed by atoms with Crippen LogP contribution in [-0.4, -0.2) is 17.1 Å². The summed E-state index contributed by atoms with van der Waals surface area (Å²) in [4.78, 5) is 4.43. The molecule has 2 aliphatic rings. The van der Waals surface area contributed by atoms with Crippen LogP contribution in [0, 0.1) is 0 Å². The predicted octanol–water partition coefficient (Wildman–Crippen LogP) is 2.14. The minimum Gasteiger partial charge on any atom is -0.311 e. The Balaban J connectivity index is 1.80. The molecule has 0 aromatic carbocycles. The van der Waals surface area contributed by atoms with Crippen LogP contribution in [0.1, 0.15) is 37.3 Å². The molecule has 2 unspecified atom stereocenters. The van der Waals surface area contributed by atoms with Gasteiger partial charge in [-0.1, -0.05) is 0 Å². The Hall–Kier alpha value is -0.410. The van der Waals surface area contributed by atoms with Crippen molar-refractivity contribution in [1.29, 1.82) is 0 Å². The Morgan fingerprint density at radius 3 is 2.69 bits per heavy atom. The second-order valence-corrected chi connectivity index (χ2v) is 4.94. The van der Waals surface area contributed by atoms with Crippen LogP contribution in [0.15, 0.2) is 10.9 Å². The molecule has 3 heterocycles. The second kappa shape index (κ2) is 3.07. The van der Waals surface area contributed by atoms with Crippen LogP contribution in [0.4, 0.5) is 0 Å². The van der Waals surface area contributed by atoms with E-state index < -0.39 is 0 Å². The molecule has 2 fully saturated rings. The normalized spacial score (nSPS) is 38.0. The summed E-state index contributed by atoms with van der Waals surface area (Å²) in [7, 11) is 0. The number of piperidine rings is 1. The molecule has 2 saturated heterocycles. The third kappa shape index (κ3) is 1.40. The smallest absolute Gasteiger partial charge is 0.0794 e. The van der Waals surface area contributed by atoms with Gasteiger partial charge in [0.25, 0.3) is 0 Å². The number of hydrogen-bond donors (Lipinski definition) is 1. The van der Waals surface area contributed by atoms with Crippen molar-refractivity contribution in [3.8, 4) is 0 Å². The predicted molar refractivity (Wildman–Crippen MR) is 54.0 cm³/mol. The van der Waals surface area contributed by atoms with Crippen molar-refractivity contribution >= 4 is 11.3 Å². The highest BCUT2D eigenvalue weighted by Gasteiger charge is 2.34. The molecule has 0 aliphatic carbocycles. The molecule has 0 amide bonds.